The van der Waals surface area contributed by atoms with E-state index in [1.165, 1.54) is 6.20 Å². The van der Waals surface area contributed by atoms with E-state index >= 15 is 0 Å². The van der Waals surface area contributed by atoms with Crippen LogP contribution in [0.4, 0.5) is 0 Å². The molecule has 4 nitrogen and oxygen atoms in total. The first kappa shape index (κ1) is 11.0. The highest BCUT2D eigenvalue weighted by Crippen LogP contribution is 2.00. The van der Waals surface area contributed by atoms with E-state index in [0.717, 1.165) is 11.1 Å². The lowest BCUT2D eigenvalue weighted by molar-refractivity contribution is 1.03. The van der Waals surface area contributed by atoms with Crippen molar-refractivity contribution in [2.24, 2.45) is 0 Å². The molecule has 1 aromatic carbocycles. The van der Waals surface area contributed by atoms with E-state index < -0.39 is 11.2 Å². The Labute approximate surface area is 97.3 Å². The number of aromatic nitrogens is 2. The molecule has 84 valence electrons. The highest BCUT2D eigenvalue weighted by molar-refractivity contribution is 5.41. The molecule has 2 N–H and O–H groups in total. The molecule has 0 unspecified atom stereocenters. The summed E-state index contributed by atoms with van der Waals surface area (Å²) in [5.41, 5.74) is 1.20. The second-order valence-electron chi connectivity index (χ2n) is 3.60. The SMILES string of the molecule is Cc1ccc(C#Cc2c[nH]c(=O)[nH]c2=O)cc1. The predicted molar refractivity (Wildman–Crippen MR) is 64.8 cm³/mol. The first-order valence-corrected chi connectivity index (χ1v) is 5.06. The Hall–Kier alpha value is -2.54. The van der Waals surface area contributed by atoms with E-state index in [1.807, 2.05) is 31.2 Å². The number of aryl methyl sites for hydroxylation is 1. The van der Waals surface area contributed by atoms with E-state index in [4.69, 9.17) is 0 Å². The maximum atomic E-state index is 11.3. The molecule has 1 aromatic heterocycles. The molecule has 0 fully saturated rings. The number of hydrogen-bond acceptors (Lipinski definition) is 2. The van der Waals surface area contributed by atoms with Crippen molar-refractivity contribution >= 4 is 0 Å². The van der Waals surface area contributed by atoms with Crippen molar-refractivity contribution < 1.29 is 0 Å². The quantitative estimate of drug-likeness (QED) is 0.652. The second-order valence-corrected chi connectivity index (χ2v) is 3.60. The van der Waals surface area contributed by atoms with Crippen LogP contribution in [0.25, 0.3) is 0 Å². The Balaban J connectivity index is 2.36. The molecule has 0 saturated carbocycles. The van der Waals surface area contributed by atoms with Crippen molar-refractivity contribution in [2.75, 3.05) is 0 Å². The van der Waals surface area contributed by atoms with Gasteiger partial charge in [0.1, 0.15) is 5.56 Å². The highest BCUT2D eigenvalue weighted by Gasteiger charge is 1.94. The minimum atomic E-state index is -0.532. The van der Waals surface area contributed by atoms with Crippen LogP contribution in [0.2, 0.25) is 0 Å². The zero-order chi connectivity index (χ0) is 12.3. The number of rotatable bonds is 0. The zero-order valence-corrected chi connectivity index (χ0v) is 9.20. The third-order valence-electron chi connectivity index (χ3n) is 2.21. The summed E-state index contributed by atoms with van der Waals surface area (Å²) in [5.74, 6) is 5.57. The fourth-order valence-corrected chi connectivity index (χ4v) is 1.28. The number of nitrogens with one attached hydrogen (secondary N) is 2. The fraction of sp³-hybridized carbons (Fsp3) is 0.0769. The average Bonchev–Trinajstić information content (AvgIpc) is 2.30. The first-order chi connectivity index (χ1) is 8.15. The van der Waals surface area contributed by atoms with Gasteiger partial charge < -0.3 is 4.98 Å². The summed E-state index contributed by atoms with van der Waals surface area (Å²) in [5, 5.41) is 0. The van der Waals surface area contributed by atoms with Crippen molar-refractivity contribution in [2.45, 2.75) is 6.92 Å². The van der Waals surface area contributed by atoms with Gasteiger partial charge >= 0.3 is 5.69 Å². The fourth-order valence-electron chi connectivity index (χ4n) is 1.28. The molecule has 0 aliphatic rings. The van der Waals surface area contributed by atoms with Crippen LogP contribution in [0, 0.1) is 18.8 Å². The Morgan fingerprint density at radius 1 is 1.06 bits per heavy atom. The summed E-state index contributed by atoms with van der Waals surface area (Å²) >= 11 is 0. The number of hydrogen-bond donors (Lipinski definition) is 2. The van der Waals surface area contributed by atoms with Gasteiger partial charge in [-0.3, -0.25) is 9.78 Å². The smallest absolute Gasteiger partial charge is 0.313 e. The van der Waals surface area contributed by atoms with Crippen molar-refractivity contribution in [3.63, 3.8) is 0 Å². The molecule has 0 atom stereocenters. The average molecular weight is 226 g/mol. The molecular weight excluding hydrogens is 216 g/mol. The van der Waals surface area contributed by atoms with Gasteiger partial charge in [0.05, 0.1) is 0 Å². The molecular formula is C13H10N2O2. The third kappa shape index (κ3) is 2.73. The molecule has 17 heavy (non-hydrogen) atoms. The van der Waals surface area contributed by atoms with E-state index in [1.54, 1.807) is 0 Å². The van der Waals surface area contributed by atoms with Gasteiger partial charge in [-0.05, 0) is 19.1 Å². The van der Waals surface area contributed by atoms with Crippen LogP contribution >= 0.6 is 0 Å². The summed E-state index contributed by atoms with van der Waals surface area (Å²) in [4.78, 5) is 26.6. The molecule has 4 heteroatoms. The lowest BCUT2D eigenvalue weighted by atomic mass is 10.1. The van der Waals surface area contributed by atoms with Crippen molar-refractivity contribution in [1.29, 1.82) is 0 Å². The first-order valence-electron chi connectivity index (χ1n) is 5.06. The van der Waals surface area contributed by atoms with Crippen molar-refractivity contribution in [3.8, 4) is 11.8 Å². The molecule has 0 amide bonds. The third-order valence-corrected chi connectivity index (χ3v) is 2.21. The highest BCUT2D eigenvalue weighted by atomic mass is 16.2. The van der Waals surface area contributed by atoms with E-state index in [-0.39, 0.29) is 5.56 Å². The molecule has 0 spiro atoms. The largest absolute Gasteiger partial charge is 0.325 e. The van der Waals surface area contributed by atoms with Gasteiger partial charge in [0, 0.05) is 11.8 Å². The number of aromatic amines is 2. The normalized spacial score (nSPS) is 9.47. The minimum Gasteiger partial charge on any atom is -0.313 e. The lowest BCUT2D eigenvalue weighted by Crippen LogP contribution is -2.23. The predicted octanol–water partition coefficient (Wildman–Crippen LogP) is 0.771. The van der Waals surface area contributed by atoms with Gasteiger partial charge in [-0.15, -0.1) is 0 Å². The summed E-state index contributed by atoms with van der Waals surface area (Å²) in [6.07, 6.45) is 1.31. The van der Waals surface area contributed by atoms with E-state index in [0.29, 0.717) is 0 Å². The van der Waals surface area contributed by atoms with Gasteiger partial charge in [0.2, 0.25) is 0 Å². The molecule has 0 bridgehead atoms. The molecule has 2 aromatic rings. The molecule has 0 saturated heterocycles. The maximum Gasteiger partial charge on any atom is 0.325 e. The molecule has 1 heterocycles. The van der Waals surface area contributed by atoms with Gasteiger partial charge in [0.25, 0.3) is 5.56 Å². The van der Waals surface area contributed by atoms with Crippen LogP contribution in [-0.4, -0.2) is 9.97 Å². The van der Waals surface area contributed by atoms with Crippen LogP contribution in [-0.2, 0) is 0 Å². The zero-order valence-electron chi connectivity index (χ0n) is 9.20. The molecule has 0 aliphatic carbocycles. The van der Waals surface area contributed by atoms with E-state index in [9.17, 15) is 9.59 Å². The number of benzene rings is 1. The Morgan fingerprint density at radius 2 is 1.76 bits per heavy atom. The maximum absolute atomic E-state index is 11.3. The minimum absolute atomic E-state index is 0.241. The van der Waals surface area contributed by atoms with Gasteiger partial charge in [-0.2, -0.15) is 0 Å². The van der Waals surface area contributed by atoms with Gasteiger partial charge in [-0.1, -0.05) is 29.5 Å². The number of H-pyrrole nitrogens is 2. The summed E-state index contributed by atoms with van der Waals surface area (Å²) in [6.45, 7) is 1.99. The van der Waals surface area contributed by atoms with Crippen LogP contribution in [0.15, 0.2) is 40.1 Å². The Kier molecular flexibility index (Phi) is 2.93. The standard InChI is InChI=1S/C13H10N2O2/c1-9-2-4-10(5-3-9)6-7-11-8-14-13(17)15-12(11)16/h2-5,8H,1H3,(H2,14,15,16,17). The van der Waals surface area contributed by atoms with Crippen molar-refractivity contribution in [3.05, 3.63) is 68.0 Å². The van der Waals surface area contributed by atoms with Crippen molar-refractivity contribution in [1.82, 2.24) is 9.97 Å². The Morgan fingerprint density at radius 3 is 2.41 bits per heavy atom. The van der Waals surface area contributed by atoms with Gasteiger partial charge in [0.15, 0.2) is 0 Å². The van der Waals surface area contributed by atoms with Gasteiger partial charge in [-0.25, -0.2) is 4.79 Å². The molecule has 0 radical (unpaired) electrons. The van der Waals surface area contributed by atoms with E-state index in [2.05, 4.69) is 21.8 Å². The van der Waals surface area contributed by atoms with Crippen LogP contribution in [0.5, 0.6) is 0 Å². The van der Waals surface area contributed by atoms with Crippen LogP contribution in [0.3, 0.4) is 0 Å². The summed E-state index contributed by atoms with van der Waals surface area (Å²) < 4.78 is 0. The Bertz CT molecular complexity index is 697. The monoisotopic (exact) mass is 226 g/mol. The topological polar surface area (TPSA) is 65.7 Å². The molecule has 0 aliphatic heterocycles. The lowest BCUT2D eigenvalue weighted by Gasteiger charge is -1.91. The summed E-state index contributed by atoms with van der Waals surface area (Å²) in [6, 6.07) is 7.65. The molecule has 2 rings (SSSR count). The van der Waals surface area contributed by atoms with Crippen LogP contribution < -0.4 is 11.2 Å². The summed E-state index contributed by atoms with van der Waals surface area (Å²) in [7, 11) is 0. The second kappa shape index (κ2) is 4.54. The van der Waals surface area contributed by atoms with Crippen LogP contribution in [0.1, 0.15) is 16.7 Å².